The molecule has 0 spiro atoms. The number of pyridine rings is 2. The van der Waals surface area contributed by atoms with Gasteiger partial charge in [-0.15, -0.1) is 0 Å². The lowest BCUT2D eigenvalue weighted by atomic mass is 10.2. The van der Waals surface area contributed by atoms with E-state index in [0.717, 1.165) is 11.3 Å². The Labute approximate surface area is 164 Å². The number of rotatable bonds is 8. The largest absolute Gasteiger partial charge is 0.491 e. The van der Waals surface area contributed by atoms with Crippen molar-refractivity contribution in [3.63, 3.8) is 0 Å². The van der Waals surface area contributed by atoms with Crippen molar-refractivity contribution in [2.75, 3.05) is 10.0 Å². The lowest BCUT2D eigenvalue weighted by Crippen LogP contribution is -2.14. The predicted molar refractivity (Wildman–Crippen MR) is 109 cm³/mol. The average molecular weight is 398 g/mol. The third-order valence-electron chi connectivity index (χ3n) is 3.75. The van der Waals surface area contributed by atoms with Gasteiger partial charge >= 0.3 is 0 Å². The van der Waals surface area contributed by atoms with Gasteiger partial charge in [0.05, 0.1) is 22.9 Å². The maximum Gasteiger partial charge on any atom is 0.263 e. The number of nitrogens with zero attached hydrogens (tertiary/aromatic N) is 2. The molecular formula is C20H22N4O3S. The van der Waals surface area contributed by atoms with Crippen LogP contribution in [0.5, 0.6) is 5.75 Å². The number of ether oxygens (including phenoxy) is 1. The number of sulfonamides is 1. The highest BCUT2D eigenvalue weighted by Crippen LogP contribution is 2.20. The Balaban J connectivity index is 1.62. The molecule has 2 heterocycles. The van der Waals surface area contributed by atoms with Crippen LogP contribution in [-0.4, -0.2) is 24.5 Å². The van der Waals surface area contributed by atoms with E-state index in [9.17, 15) is 8.42 Å². The quantitative estimate of drug-likeness (QED) is 0.601. The summed E-state index contributed by atoms with van der Waals surface area (Å²) < 4.78 is 33.0. The Morgan fingerprint density at radius 2 is 1.71 bits per heavy atom. The Hall–Kier alpha value is -3.13. The van der Waals surface area contributed by atoms with Crippen LogP contribution in [0.25, 0.3) is 0 Å². The van der Waals surface area contributed by atoms with Crippen LogP contribution in [0.2, 0.25) is 0 Å². The fraction of sp³-hybridized carbons (Fsp3) is 0.200. The molecule has 146 valence electrons. The number of hydrogen-bond donors (Lipinski definition) is 2. The zero-order valence-electron chi connectivity index (χ0n) is 15.7. The summed E-state index contributed by atoms with van der Waals surface area (Å²) in [4.78, 5) is 8.29. The van der Waals surface area contributed by atoms with Crippen molar-refractivity contribution >= 4 is 21.5 Å². The molecule has 7 nitrogen and oxygen atoms in total. The lowest BCUT2D eigenvalue weighted by molar-refractivity contribution is 0.242. The van der Waals surface area contributed by atoms with E-state index >= 15 is 0 Å². The van der Waals surface area contributed by atoms with E-state index in [1.54, 1.807) is 42.9 Å². The van der Waals surface area contributed by atoms with Crippen molar-refractivity contribution in [1.29, 1.82) is 0 Å². The number of anilines is 2. The van der Waals surface area contributed by atoms with Gasteiger partial charge in [-0.1, -0.05) is 0 Å². The minimum atomic E-state index is -3.72. The van der Waals surface area contributed by atoms with Crippen LogP contribution in [0.15, 0.2) is 72.0 Å². The highest BCUT2D eigenvalue weighted by Gasteiger charge is 2.15. The number of benzene rings is 1. The molecule has 0 fully saturated rings. The Morgan fingerprint density at radius 3 is 2.32 bits per heavy atom. The molecule has 28 heavy (non-hydrogen) atoms. The highest BCUT2D eigenvalue weighted by atomic mass is 32.2. The van der Waals surface area contributed by atoms with Crippen LogP contribution in [0.1, 0.15) is 19.4 Å². The van der Waals surface area contributed by atoms with Gasteiger partial charge in [-0.3, -0.25) is 9.71 Å². The van der Waals surface area contributed by atoms with Crippen LogP contribution >= 0.6 is 0 Å². The summed E-state index contributed by atoms with van der Waals surface area (Å²) in [6.45, 7) is 4.45. The fourth-order valence-corrected chi connectivity index (χ4v) is 3.44. The maximum absolute atomic E-state index is 12.5. The second-order valence-electron chi connectivity index (χ2n) is 6.38. The summed E-state index contributed by atoms with van der Waals surface area (Å²) >= 11 is 0. The zero-order chi connectivity index (χ0) is 20.0. The number of aromatic nitrogens is 2. The SMILES string of the molecule is CC(C)Oc1ccc(S(=O)(=O)Nc2ccc(NCc3ccncc3)cn2)cc1. The highest BCUT2D eigenvalue weighted by molar-refractivity contribution is 7.92. The molecule has 1 aromatic carbocycles. The third-order valence-corrected chi connectivity index (χ3v) is 5.12. The van der Waals surface area contributed by atoms with Gasteiger partial charge in [0.25, 0.3) is 10.0 Å². The summed E-state index contributed by atoms with van der Waals surface area (Å²) in [6.07, 6.45) is 5.07. The molecule has 8 heteroatoms. The molecule has 0 bridgehead atoms. The van der Waals surface area contributed by atoms with Gasteiger partial charge in [0, 0.05) is 18.9 Å². The number of nitrogens with one attached hydrogen (secondary N) is 2. The van der Waals surface area contributed by atoms with Gasteiger partial charge in [-0.05, 0) is 67.9 Å². The van der Waals surface area contributed by atoms with E-state index in [1.165, 1.54) is 12.1 Å². The molecule has 0 aliphatic rings. The van der Waals surface area contributed by atoms with Gasteiger partial charge in [0.15, 0.2) is 0 Å². The van der Waals surface area contributed by atoms with E-state index < -0.39 is 10.0 Å². The summed E-state index contributed by atoms with van der Waals surface area (Å²) in [6, 6.07) is 13.5. The fourth-order valence-electron chi connectivity index (χ4n) is 2.43. The van der Waals surface area contributed by atoms with E-state index in [4.69, 9.17) is 4.74 Å². The molecule has 0 atom stereocenters. The summed E-state index contributed by atoms with van der Waals surface area (Å²) in [5.74, 6) is 0.869. The van der Waals surface area contributed by atoms with Gasteiger partial charge in [0.2, 0.25) is 0 Å². The molecular weight excluding hydrogens is 376 g/mol. The van der Waals surface area contributed by atoms with Crippen molar-refractivity contribution < 1.29 is 13.2 Å². The zero-order valence-corrected chi connectivity index (χ0v) is 16.5. The van der Waals surface area contributed by atoms with Crippen molar-refractivity contribution in [2.24, 2.45) is 0 Å². The van der Waals surface area contributed by atoms with E-state index in [0.29, 0.717) is 12.3 Å². The maximum atomic E-state index is 12.5. The Bertz CT molecular complexity index is 990. The minimum absolute atomic E-state index is 0.0236. The molecule has 0 saturated heterocycles. The minimum Gasteiger partial charge on any atom is -0.491 e. The van der Waals surface area contributed by atoms with Crippen LogP contribution in [0, 0.1) is 0 Å². The van der Waals surface area contributed by atoms with Crippen LogP contribution in [0.3, 0.4) is 0 Å². The Kier molecular flexibility index (Phi) is 6.10. The molecule has 0 saturated carbocycles. The van der Waals surface area contributed by atoms with Crippen LogP contribution < -0.4 is 14.8 Å². The van der Waals surface area contributed by atoms with Gasteiger partial charge in [0.1, 0.15) is 11.6 Å². The second kappa shape index (κ2) is 8.71. The molecule has 2 aromatic heterocycles. The first-order valence-corrected chi connectivity index (χ1v) is 10.3. The lowest BCUT2D eigenvalue weighted by Gasteiger charge is -2.11. The van der Waals surface area contributed by atoms with Gasteiger partial charge < -0.3 is 10.1 Å². The molecule has 0 amide bonds. The normalized spacial score (nSPS) is 11.2. The Morgan fingerprint density at radius 1 is 1.00 bits per heavy atom. The summed E-state index contributed by atoms with van der Waals surface area (Å²) in [5, 5.41) is 3.22. The van der Waals surface area contributed by atoms with Crippen molar-refractivity contribution in [1.82, 2.24) is 9.97 Å². The van der Waals surface area contributed by atoms with Crippen molar-refractivity contribution in [3.8, 4) is 5.75 Å². The molecule has 0 aliphatic carbocycles. The van der Waals surface area contributed by atoms with E-state index in [1.807, 2.05) is 26.0 Å². The number of hydrogen-bond acceptors (Lipinski definition) is 6. The van der Waals surface area contributed by atoms with Crippen LogP contribution in [0.4, 0.5) is 11.5 Å². The first-order valence-electron chi connectivity index (χ1n) is 8.81. The van der Waals surface area contributed by atoms with Gasteiger partial charge in [-0.25, -0.2) is 13.4 Å². The standard InChI is InChI=1S/C20H22N4O3S/c1-15(2)27-18-4-6-19(7-5-18)28(25,26)24-20-8-3-17(14-23-20)22-13-16-9-11-21-12-10-16/h3-12,14-15,22H,13H2,1-2H3,(H,23,24). The molecule has 0 radical (unpaired) electrons. The summed E-state index contributed by atoms with van der Waals surface area (Å²) in [5.41, 5.74) is 1.87. The molecule has 3 aromatic rings. The molecule has 3 rings (SSSR count). The molecule has 2 N–H and O–H groups in total. The average Bonchev–Trinajstić information content (AvgIpc) is 2.68. The first kappa shape index (κ1) is 19.6. The van der Waals surface area contributed by atoms with E-state index in [2.05, 4.69) is 20.0 Å². The monoisotopic (exact) mass is 398 g/mol. The third kappa shape index (κ3) is 5.43. The first-order chi connectivity index (χ1) is 13.4. The second-order valence-corrected chi connectivity index (χ2v) is 8.07. The predicted octanol–water partition coefficient (Wildman–Crippen LogP) is 3.68. The van der Waals surface area contributed by atoms with Crippen molar-refractivity contribution in [2.45, 2.75) is 31.4 Å². The summed E-state index contributed by atoms with van der Waals surface area (Å²) in [7, 11) is -3.72. The molecule has 0 aliphatic heterocycles. The van der Waals surface area contributed by atoms with E-state index in [-0.39, 0.29) is 16.8 Å². The van der Waals surface area contributed by atoms with Crippen molar-refractivity contribution in [3.05, 3.63) is 72.7 Å². The van der Waals surface area contributed by atoms with Crippen LogP contribution in [-0.2, 0) is 16.6 Å². The molecule has 0 unspecified atom stereocenters. The smallest absolute Gasteiger partial charge is 0.263 e. The van der Waals surface area contributed by atoms with Gasteiger partial charge in [-0.2, -0.15) is 0 Å². The topological polar surface area (TPSA) is 93.2 Å².